The van der Waals surface area contributed by atoms with Crippen LogP contribution < -0.4 is 0 Å². The lowest BCUT2D eigenvalue weighted by Crippen LogP contribution is -2.37. The van der Waals surface area contributed by atoms with Crippen molar-refractivity contribution < 1.29 is 18.0 Å². The SMILES string of the molecule is CC(=O)N1CCCN(C(=O)Cc2ccc(S(C)(=O)=O)cc2)CC1. The molecule has 0 aliphatic carbocycles. The van der Waals surface area contributed by atoms with Gasteiger partial charge in [-0.05, 0) is 24.1 Å². The Bertz CT molecular complexity index is 683. The van der Waals surface area contributed by atoms with Gasteiger partial charge in [-0.25, -0.2) is 8.42 Å². The van der Waals surface area contributed by atoms with Crippen molar-refractivity contribution in [1.82, 2.24) is 9.80 Å². The zero-order chi connectivity index (χ0) is 17.0. The maximum Gasteiger partial charge on any atom is 0.227 e. The lowest BCUT2D eigenvalue weighted by Gasteiger charge is -2.21. The van der Waals surface area contributed by atoms with E-state index >= 15 is 0 Å². The van der Waals surface area contributed by atoms with Crippen LogP contribution in [0, 0.1) is 0 Å². The van der Waals surface area contributed by atoms with Crippen molar-refractivity contribution >= 4 is 21.7 Å². The third kappa shape index (κ3) is 4.79. The summed E-state index contributed by atoms with van der Waals surface area (Å²) < 4.78 is 22.9. The van der Waals surface area contributed by atoms with Crippen LogP contribution in [0.15, 0.2) is 29.2 Å². The van der Waals surface area contributed by atoms with E-state index in [2.05, 4.69) is 0 Å². The van der Waals surface area contributed by atoms with Gasteiger partial charge in [-0.2, -0.15) is 0 Å². The number of hydrogen-bond acceptors (Lipinski definition) is 4. The highest BCUT2D eigenvalue weighted by molar-refractivity contribution is 7.90. The normalized spacial score (nSPS) is 16.1. The standard InChI is InChI=1S/C16H22N2O4S/c1-13(19)17-8-3-9-18(11-10-17)16(20)12-14-4-6-15(7-5-14)23(2,21)22/h4-7H,3,8-12H2,1-2H3. The summed E-state index contributed by atoms with van der Waals surface area (Å²) in [5.74, 6) is 0.0400. The average molecular weight is 338 g/mol. The lowest BCUT2D eigenvalue weighted by molar-refractivity contribution is -0.132. The Morgan fingerprint density at radius 3 is 2.13 bits per heavy atom. The zero-order valence-corrected chi connectivity index (χ0v) is 14.3. The van der Waals surface area contributed by atoms with E-state index < -0.39 is 9.84 Å². The van der Waals surface area contributed by atoms with E-state index in [1.807, 2.05) is 0 Å². The van der Waals surface area contributed by atoms with Crippen LogP contribution in [0.5, 0.6) is 0 Å². The minimum atomic E-state index is -3.22. The van der Waals surface area contributed by atoms with E-state index in [1.54, 1.807) is 28.9 Å². The molecule has 2 rings (SSSR count). The predicted molar refractivity (Wildman–Crippen MR) is 86.7 cm³/mol. The summed E-state index contributed by atoms with van der Waals surface area (Å²) in [6.45, 7) is 3.97. The van der Waals surface area contributed by atoms with Crippen LogP contribution in [0.3, 0.4) is 0 Å². The Hall–Kier alpha value is -1.89. The average Bonchev–Trinajstić information content (AvgIpc) is 2.73. The van der Waals surface area contributed by atoms with Gasteiger partial charge < -0.3 is 9.80 Å². The molecule has 1 fully saturated rings. The highest BCUT2D eigenvalue weighted by Gasteiger charge is 2.20. The first-order chi connectivity index (χ1) is 10.8. The minimum Gasteiger partial charge on any atom is -0.341 e. The van der Waals surface area contributed by atoms with E-state index in [9.17, 15) is 18.0 Å². The van der Waals surface area contributed by atoms with Crippen LogP contribution in [0.4, 0.5) is 0 Å². The third-order valence-corrected chi connectivity index (χ3v) is 5.13. The Balaban J connectivity index is 1.97. The molecule has 2 amide bonds. The van der Waals surface area contributed by atoms with Gasteiger partial charge in [0.25, 0.3) is 0 Å². The van der Waals surface area contributed by atoms with Gasteiger partial charge in [-0.3, -0.25) is 9.59 Å². The maximum absolute atomic E-state index is 12.4. The Morgan fingerprint density at radius 2 is 1.57 bits per heavy atom. The predicted octanol–water partition coefficient (Wildman–Crippen LogP) is 0.713. The Kier molecular flexibility index (Phi) is 5.41. The fraction of sp³-hybridized carbons (Fsp3) is 0.500. The van der Waals surface area contributed by atoms with Crippen LogP contribution in [0.1, 0.15) is 18.9 Å². The molecule has 0 spiro atoms. The molecule has 1 heterocycles. The van der Waals surface area contributed by atoms with E-state index in [0.29, 0.717) is 26.2 Å². The summed E-state index contributed by atoms with van der Waals surface area (Å²) in [6, 6.07) is 6.40. The molecule has 6 nitrogen and oxygen atoms in total. The topological polar surface area (TPSA) is 74.8 Å². The molecule has 0 radical (unpaired) electrons. The van der Waals surface area contributed by atoms with Crippen molar-refractivity contribution in [1.29, 1.82) is 0 Å². The van der Waals surface area contributed by atoms with Gasteiger partial charge in [0, 0.05) is 39.4 Å². The second kappa shape index (κ2) is 7.12. The number of hydrogen-bond donors (Lipinski definition) is 0. The van der Waals surface area contributed by atoms with Crippen LogP contribution >= 0.6 is 0 Å². The number of benzene rings is 1. The van der Waals surface area contributed by atoms with Crippen molar-refractivity contribution in [2.45, 2.75) is 24.7 Å². The molecule has 1 saturated heterocycles. The van der Waals surface area contributed by atoms with Gasteiger partial charge in [0.2, 0.25) is 11.8 Å². The molecule has 0 saturated carbocycles. The van der Waals surface area contributed by atoms with Gasteiger partial charge in [-0.15, -0.1) is 0 Å². The molecule has 0 N–H and O–H groups in total. The Morgan fingerprint density at radius 1 is 1.00 bits per heavy atom. The summed E-state index contributed by atoms with van der Waals surface area (Å²) >= 11 is 0. The number of nitrogens with zero attached hydrogens (tertiary/aromatic N) is 2. The van der Waals surface area contributed by atoms with E-state index in [0.717, 1.165) is 18.2 Å². The van der Waals surface area contributed by atoms with Gasteiger partial charge in [0.15, 0.2) is 9.84 Å². The van der Waals surface area contributed by atoms with E-state index in [1.165, 1.54) is 12.1 Å². The Labute approximate surface area is 137 Å². The number of carbonyl (C=O) groups is 2. The largest absolute Gasteiger partial charge is 0.341 e. The fourth-order valence-corrected chi connectivity index (χ4v) is 3.25. The van der Waals surface area contributed by atoms with Crippen LogP contribution in [-0.2, 0) is 25.8 Å². The first-order valence-corrected chi connectivity index (χ1v) is 9.49. The minimum absolute atomic E-state index is 0.00232. The van der Waals surface area contributed by atoms with Crippen molar-refractivity contribution in [2.75, 3.05) is 32.4 Å². The number of sulfone groups is 1. The molecule has 0 atom stereocenters. The smallest absolute Gasteiger partial charge is 0.227 e. The fourth-order valence-electron chi connectivity index (χ4n) is 2.62. The molecule has 0 bridgehead atoms. The molecular formula is C16H22N2O4S. The second-order valence-corrected chi connectivity index (χ2v) is 7.85. The van der Waals surface area contributed by atoms with E-state index in [-0.39, 0.29) is 23.1 Å². The molecule has 1 aliphatic heterocycles. The lowest BCUT2D eigenvalue weighted by atomic mass is 10.1. The molecule has 1 aliphatic rings. The summed E-state index contributed by atoms with van der Waals surface area (Å²) in [4.78, 5) is 27.6. The van der Waals surface area contributed by atoms with Crippen LogP contribution in [0.25, 0.3) is 0 Å². The molecule has 1 aromatic rings. The van der Waals surface area contributed by atoms with Crippen LogP contribution in [0.2, 0.25) is 0 Å². The first-order valence-electron chi connectivity index (χ1n) is 7.59. The summed E-state index contributed by atoms with van der Waals surface area (Å²) in [5.41, 5.74) is 0.787. The number of carbonyl (C=O) groups excluding carboxylic acids is 2. The first kappa shape index (κ1) is 17.5. The number of amides is 2. The molecule has 23 heavy (non-hydrogen) atoms. The van der Waals surface area contributed by atoms with Crippen molar-refractivity contribution in [3.05, 3.63) is 29.8 Å². The maximum atomic E-state index is 12.4. The molecule has 7 heteroatoms. The summed E-state index contributed by atoms with van der Waals surface area (Å²) in [6.07, 6.45) is 2.17. The third-order valence-electron chi connectivity index (χ3n) is 4.00. The van der Waals surface area contributed by atoms with Crippen molar-refractivity contribution in [2.24, 2.45) is 0 Å². The van der Waals surface area contributed by atoms with Crippen LogP contribution in [-0.4, -0.2) is 62.5 Å². The highest BCUT2D eigenvalue weighted by Crippen LogP contribution is 2.12. The van der Waals surface area contributed by atoms with E-state index in [4.69, 9.17) is 0 Å². The monoisotopic (exact) mass is 338 g/mol. The highest BCUT2D eigenvalue weighted by atomic mass is 32.2. The van der Waals surface area contributed by atoms with Gasteiger partial charge in [0.1, 0.15) is 0 Å². The van der Waals surface area contributed by atoms with Gasteiger partial charge >= 0.3 is 0 Å². The van der Waals surface area contributed by atoms with Gasteiger partial charge in [-0.1, -0.05) is 12.1 Å². The summed E-state index contributed by atoms with van der Waals surface area (Å²) in [7, 11) is -3.22. The number of rotatable bonds is 3. The van der Waals surface area contributed by atoms with Gasteiger partial charge in [0.05, 0.1) is 11.3 Å². The van der Waals surface area contributed by atoms with Crippen molar-refractivity contribution in [3.63, 3.8) is 0 Å². The quantitative estimate of drug-likeness (QED) is 0.814. The zero-order valence-electron chi connectivity index (χ0n) is 13.5. The second-order valence-electron chi connectivity index (χ2n) is 5.83. The molecule has 0 aromatic heterocycles. The molecule has 0 unspecified atom stereocenters. The molecular weight excluding hydrogens is 316 g/mol. The summed E-state index contributed by atoms with van der Waals surface area (Å²) in [5, 5.41) is 0. The van der Waals surface area contributed by atoms with Crippen molar-refractivity contribution in [3.8, 4) is 0 Å². The molecule has 126 valence electrons. The molecule has 1 aromatic carbocycles.